The van der Waals surface area contributed by atoms with E-state index in [1.807, 2.05) is 20.8 Å². The van der Waals surface area contributed by atoms with Gasteiger partial charge in [0.25, 0.3) is 0 Å². The molecule has 142 valence electrons. The first kappa shape index (κ1) is 18.5. The van der Waals surface area contributed by atoms with Crippen molar-refractivity contribution in [1.82, 2.24) is 0 Å². The van der Waals surface area contributed by atoms with Gasteiger partial charge in [-0.3, -0.25) is 0 Å². The van der Waals surface area contributed by atoms with E-state index in [-0.39, 0.29) is 0 Å². The molecule has 0 radical (unpaired) electrons. The first-order valence-electron chi connectivity index (χ1n) is 8.24. The predicted molar refractivity (Wildman–Crippen MR) is 87.1 cm³/mol. The molecule has 2 saturated heterocycles. The summed E-state index contributed by atoms with van der Waals surface area (Å²) >= 11 is 0. The van der Waals surface area contributed by atoms with Crippen molar-refractivity contribution in [3.8, 4) is 0 Å². The second kappa shape index (κ2) is 6.44. The van der Waals surface area contributed by atoms with Gasteiger partial charge in [0.1, 0.15) is 0 Å². The summed E-state index contributed by atoms with van der Waals surface area (Å²) in [6, 6.07) is 8.80. The minimum Gasteiger partial charge on any atom is -0.426 e. The third-order valence-electron chi connectivity index (χ3n) is 4.57. The molecule has 5 atom stereocenters. The Morgan fingerprint density at radius 3 is 2.00 bits per heavy atom. The molecular formula is C18H22O8. The van der Waals surface area contributed by atoms with Crippen molar-refractivity contribution in [1.29, 1.82) is 0 Å². The Morgan fingerprint density at radius 1 is 0.885 bits per heavy atom. The first-order valence-corrected chi connectivity index (χ1v) is 8.24. The fraction of sp³-hybridized carbons (Fsp3) is 0.556. The van der Waals surface area contributed by atoms with Crippen molar-refractivity contribution in [3.05, 3.63) is 35.9 Å². The van der Waals surface area contributed by atoms with Crippen molar-refractivity contribution < 1.29 is 38.4 Å². The summed E-state index contributed by atoms with van der Waals surface area (Å²) < 4.78 is 26.2. The van der Waals surface area contributed by atoms with Gasteiger partial charge >= 0.3 is 12.3 Å². The monoisotopic (exact) mass is 366 g/mol. The number of ether oxygens (including phenoxy) is 5. The zero-order valence-electron chi connectivity index (χ0n) is 15.0. The van der Waals surface area contributed by atoms with Crippen molar-refractivity contribution in [2.24, 2.45) is 5.41 Å². The van der Waals surface area contributed by atoms with Crippen LogP contribution < -0.4 is 0 Å². The third-order valence-corrected chi connectivity index (χ3v) is 4.57. The van der Waals surface area contributed by atoms with E-state index in [1.165, 1.54) is 7.11 Å². The van der Waals surface area contributed by atoms with Crippen LogP contribution in [0.2, 0.25) is 0 Å². The minimum absolute atomic E-state index is 0.560. The van der Waals surface area contributed by atoms with Crippen LogP contribution in [0.5, 0.6) is 0 Å². The molecule has 0 amide bonds. The summed E-state index contributed by atoms with van der Waals surface area (Å²) in [7, 11) is 1.24. The van der Waals surface area contributed by atoms with E-state index in [2.05, 4.69) is 0 Å². The van der Waals surface area contributed by atoms with Crippen LogP contribution in [0.3, 0.4) is 0 Å². The molecule has 1 aromatic carbocycles. The van der Waals surface area contributed by atoms with Crippen LogP contribution in [-0.4, -0.2) is 48.6 Å². The van der Waals surface area contributed by atoms with Gasteiger partial charge in [-0.15, -0.1) is 0 Å². The molecule has 2 aliphatic heterocycles. The summed E-state index contributed by atoms with van der Waals surface area (Å²) in [6.07, 6.45) is -6.11. The number of carbonyl (C=O) groups is 2. The molecule has 1 N–H and O–H groups in total. The van der Waals surface area contributed by atoms with Gasteiger partial charge in [0.05, 0.1) is 0 Å². The molecule has 1 aromatic rings. The third kappa shape index (κ3) is 3.10. The first-order chi connectivity index (χ1) is 12.2. The fourth-order valence-corrected chi connectivity index (χ4v) is 3.23. The number of methoxy groups -OCH3 is 1. The lowest BCUT2D eigenvalue weighted by atomic mass is 9.80. The highest BCUT2D eigenvalue weighted by atomic mass is 16.8. The number of hydrogen-bond donors (Lipinski definition) is 1. The van der Waals surface area contributed by atoms with Crippen molar-refractivity contribution in [3.63, 3.8) is 0 Å². The van der Waals surface area contributed by atoms with E-state index < -0.39 is 47.9 Å². The normalized spacial score (nSPS) is 30.8. The average molecular weight is 366 g/mol. The summed E-state index contributed by atoms with van der Waals surface area (Å²) in [4.78, 5) is 23.6. The van der Waals surface area contributed by atoms with Gasteiger partial charge in [0.2, 0.25) is 18.0 Å². The molecule has 2 aliphatic rings. The lowest BCUT2D eigenvalue weighted by Crippen LogP contribution is -2.60. The number of cyclic esters (lactones) is 4. The minimum atomic E-state index is -2.17. The van der Waals surface area contributed by atoms with E-state index >= 15 is 0 Å². The van der Waals surface area contributed by atoms with Crippen LogP contribution >= 0.6 is 0 Å². The maximum absolute atomic E-state index is 11.8. The summed E-state index contributed by atoms with van der Waals surface area (Å²) in [6.45, 7) is 5.48. The maximum Gasteiger partial charge on any atom is 0.509 e. The average Bonchev–Trinajstić information content (AvgIpc) is 3.18. The van der Waals surface area contributed by atoms with Crippen molar-refractivity contribution in [2.75, 3.05) is 7.11 Å². The van der Waals surface area contributed by atoms with Crippen LogP contribution in [-0.2, 0) is 23.7 Å². The molecule has 3 rings (SSSR count). The van der Waals surface area contributed by atoms with Gasteiger partial charge in [0, 0.05) is 12.5 Å². The molecule has 0 saturated carbocycles. The molecule has 0 spiro atoms. The van der Waals surface area contributed by atoms with E-state index in [1.54, 1.807) is 30.3 Å². The Labute approximate surface area is 150 Å². The molecule has 2 heterocycles. The van der Waals surface area contributed by atoms with Gasteiger partial charge in [-0.1, -0.05) is 51.1 Å². The Hall–Kier alpha value is -2.32. The number of carbonyl (C=O) groups excluding carboxylic acids is 2. The summed E-state index contributed by atoms with van der Waals surface area (Å²) in [5.41, 5.74) is 0.0473. The highest BCUT2D eigenvalue weighted by Crippen LogP contribution is 2.44. The van der Waals surface area contributed by atoms with E-state index in [0.29, 0.717) is 5.56 Å². The Morgan fingerprint density at radius 2 is 1.42 bits per heavy atom. The van der Waals surface area contributed by atoms with Gasteiger partial charge < -0.3 is 28.8 Å². The fourth-order valence-electron chi connectivity index (χ4n) is 3.23. The van der Waals surface area contributed by atoms with E-state index in [9.17, 15) is 14.7 Å². The lowest BCUT2D eigenvalue weighted by Gasteiger charge is -2.39. The number of hydrogen-bond acceptors (Lipinski definition) is 8. The molecule has 0 aromatic heterocycles. The second-order valence-electron chi connectivity index (χ2n) is 7.39. The van der Waals surface area contributed by atoms with Gasteiger partial charge in [-0.25, -0.2) is 9.59 Å². The van der Waals surface area contributed by atoms with E-state index in [0.717, 1.165) is 0 Å². The Balaban J connectivity index is 1.99. The SMILES string of the molecule is COC(O)(C1OC(=O)OC1c1ccccc1)C1OC(=O)OC1C(C)(C)C. The van der Waals surface area contributed by atoms with Gasteiger partial charge in [-0.2, -0.15) is 0 Å². The van der Waals surface area contributed by atoms with Crippen LogP contribution in [0.4, 0.5) is 9.59 Å². The number of aliphatic hydroxyl groups is 1. The Bertz CT molecular complexity index is 682. The molecular weight excluding hydrogens is 344 g/mol. The highest BCUT2D eigenvalue weighted by Gasteiger charge is 2.64. The van der Waals surface area contributed by atoms with Crippen molar-refractivity contribution in [2.45, 2.75) is 51.0 Å². The smallest absolute Gasteiger partial charge is 0.426 e. The van der Waals surface area contributed by atoms with Crippen molar-refractivity contribution >= 4 is 12.3 Å². The molecule has 0 bridgehead atoms. The predicted octanol–water partition coefficient (Wildman–Crippen LogP) is 2.55. The van der Waals surface area contributed by atoms with Crippen LogP contribution in [0, 0.1) is 5.41 Å². The quantitative estimate of drug-likeness (QED) is 0.641. The maximum atomic E-state index is 11.8. The number of rotatable bonds is 4. The standard InChI is InChI=1S/C18H22O8/c1-17(2,3)13-14(26-16(20)25-13)18(21,22-4)12-11(23-15(19)24-12)10-8-6-5-7-9-10/h5-9,11-14,21H,1-4H3. The summed E-state index contributed by atoms with van der Waals surface area (Å²) in [5.74, 6) is -2.17. The van der Waals surface area contributed by atoms with Gasteiger partial charge in [0.15, 0.2) is 12.2 Å². The zero-order chi connectivity index (χ0) is 19.1. The van der Waals surface area contributed by atoms with Gasteiger partial charge in [-0.05, 0) is 5.56 Å². The molecule has 2 fully saturated rings. The molecule has 8 heteroatoms. The Kier molecular flexibility index (Phi) is 4.58. The van der Waals surface area contributed by atoms with Crippen LogP contribution in [0.1, 0.15) is 32.4 Å². The van der Waals surface area contributed by atoms with E-state index in [4.69, 9.17) is 23.7 Å². The topological polar surface area (TPSA) is 101 Å². The molecule has 0 aliphatic carbocycles. The highest BCUT2D eigenvalue weighted by molar-refractivity contribution is 5.64. The zero-order valence-corrected chi connectivity index (χ0v) is 15.0. The largest absolute Gasteiger partial charge is 0.509 e. The second-order valence-corrected chi connectivity index (χ2v) is 7.39. The summed E-state index contributed by atoms with van der Waals surface area (Å²) in [5, 5.41) is 11.3. The molecule has 8 nitrogen and oxygen atoms in total. The number of benzene rings is 1. The molecule has 26 heavy (non-hydrogen) atoms. The van der Waals surface area contributed by atoms with Crippen LogP contribution in [0.25, 0.3) is 0 Å². The lowest BCUT2D eigenvalue weighted by molar-refractivity contribution is -0.292. The molecule has 5 unspecified atom stereocenters. The van der Waals surface area contributed by atoms with Crippen LogP contribution in [0.15, 0.2) is 30.3 Å².